The first-order valence-electron chi connectivity index (χ1n) is 16.7. The first-order chi connectivity index (χ1) is 24.7. The van der Waals surface area contributed by atoms with Gasteiger partial charge >= 0.3 is 0 Å². The number of hydrogen-bond donors (Lipinski definition) is 4. The smallest absolute Gasteiger partial charge is 0.290 e. The van der Waals surface area contributed by atoms with E-state index in [0.717, 1.165) is 22.0 Å². The molecule has 4 N–H and O–H groups in total. The van der Waals surface area contributed by atoms with Gasteiger partial charge in [0.25, 0.3) is 5.91 Å². The molecule has 5 amide bonds. The van der Waals surface area contributed by atoms with Crippen LogP contribution in [0.15, 0.2) is 95.8 Å². The number of para-hydroxylation sites is 1. The van der Waals surface area contributed by atoms with Crippen LogP contribution in [0.3, 0.4) is 0 Å². The topological polar surface area (TPSA) is 175 Å². The molecule has 0 spiro atoms. The Labute approximate surface area is 294 Å². The third-order valence-corrected chi connectivity index (χ3v) is 9.01. The summed E-state index contributed by atoms with van der Waals surface area (Å²) in [5.74, 6) is -2.20. The Morgan fingerprint density at radius 3 is 2.47 bits per heavy atom. The lowest BCUT2D eigenvalue weighted by atomic mass is 10.0. The van der Waals surface area contributed by atoms with Crippen molar-refractivity contribution in [3.05, 3.63) is 114 Å². The normalized spacial score (nSPS) is 19.6. The van der Waals surface area contributed by atoms with Crippen LogP contribution in [0, 0.1) is 0 Å². The number of carbonyl (C=O) groups excluding carboxylic acids is 5. The van der Waals surface area contributed by atoms with E-state index in [2.05, 4.69) is 26.0 Å². The van der Waals surface area contributed by atoms with Crippen molar-refractivity contribution in [1.29, 1.82) is 0 Å². The van der Waals surface area contributed by atoms with E-state index >= 15 is 0 Å². The molecule has 51 heavy (non-hydrogen) atoms. The van der Waals surface area contributed by atoms with E-state index in [4.69, 9.17) is 4.42 Å². The molecule has 0 saturated carbocycles. The fraction of sp³-hybridized carbons (Fsp3) is 0.297. The summed E-state index contributed by atoms with van der Waals surface area (Å²) >= 11 is 0. The van der Waals surface area contributed by atoms with Gasteiger partial charge in [-0.1, -0.05) is 48.5 Å². The predicted octanol–water partition coefficient (Wildman–Crippen LogP) is 1.88. The summed E-state index contributed by atoms with van der Waals surface area (Å²) in [7, 11) is 1.49. The van der Waals surface area contributed by atoms with Crippen LogP contribution in [-0.2, 0) is 38.6 Å². The number of fused-ring (bicyclic) bond motifs is 1. The minimum absolute atomic E-state index is 0.00314. The van der Waals surface area contributed by atoms with Crippen LogP contribution < -0.4 is 16.0 Å². The molecule has 0 aliphatic carbocycles. The molecule has 5 aromatic rings. The van der Waals surface area contributed by atoms with Gasteiger partial charge in [-0.05, 0) is 42.3 Å². The zero-order chi connectivity index (χ0) is 35.9. The quantitative estimate of drug-likeness (QED) is 0.202. The van der Waals surface area contributed by atoms with Gasteiger partial charge in [-0.3, -0.25) is 28.7 Å². The minimum atomic E-state index is -1.08. The Morgan fingerprint density at radius 1 is 0.902 bits per heavy atom. The molecular formula is C37H40N8O6. The molecule has 0 bridgehead atoms. The van der Waals surface area contributed by atoms with Gasteiger partial charge in [-0.2, -0.15) is 5.10 Å². The number of nitrogens with zero attached hydrogens (tertiary/aromatic N) is 4. The second kappa shape index (κ2) is 15.6. The van der Waals surface area contributed by atoms with Gasteiger partial charge in [0.2, 0.25) is 23.6 Å². The van der Waals surface area contributed by atoms with E-state index in [0.29, 0.717) is 12.3 Å². The number of nitrogens with one attached hydrogen (secondary N) is 4. The van der Waals surface area contributed by atoms with E-state index in [1.807, 2.05) is 54.6 Å². The van der Waals surface area contributed by atoms with Gasteiger partial charge in [0.15, 0.2) is 5.76 Å². The molecular weight excluding hydrogens is 652 g/mol. The summed E-state index contributed by atoms with van der Waals surface area (Å²) < 4.78 is 7.49. The Kier molecular flexibility index (Phi) is 10.6. The third kappa shape index (κ3) is 8.35. The Balaban J connectivity index is 1.29. The second-order valence-electron chi connectivity index (χ2n) is 12.5. The zero-order valence-electron chi connectivity index (χ0n) is 28.4. The van der Waals surface area contributed by atoms with E-state index in [1.54, 1.807) is 42.3 Å². The summed E-state index contributed by atoms with van der Waals surface area (Å²) in [4.78, 5) is 74.4. The number of rotatable bonds is 7. The lowest BCUT2D eigenvalue weighted by Crippen LogP contribution is -2.57. The number of amides is 5. The molecule has 0 unspecified atom stereocenters. The molecule has 3 atom stereocenters. The first kappa shape index (κ1) is 34.7. The zero-order valence-corrected chi connectivity index (χ0v) is 28.4. The molecule has 2 aromatic carbocycles. The van der Waals surface area contributed by atoms with E-state index in [1.165, 1.54) is 22.9 Å². The molecule has 1 aliphatic rings. The van der Waals surface area contributed by atoms with Crippen molar-refractivity contribution in [1.82, 2.24) is 40.5 Å². The number of benzene rings is 2. The van der Waals surface area contributed by atoms with Crippen molar-refractivity contribution < 1.29 is 28.4 Å². The summed E-state index contributed by atoms with van der Waals surface area (Å²) in [6.45, 7) is 1.36. The van der Waals surface area contributed by atoms with Gasteiger partial charge < -0.3 is 35.2 Å². The van der Waals surface area contributed by atoms with Crippen molar-refractivity contribution in [2.45, 2.75) is 44.4 Å². The molecule has 6 rings (SSSR count). The summed E-state index contributed by atoms with van der Waals surface area (Å²) in [5.41, 5.74) is 2.48. The second-order valence-corrected chi connectivity index (χ2v) is 12.5. The van der Waals surface area contributed by atoms with Crippen LogP contribution in [0.4, 0.5) is 0 Å². The molecule has 1 aliphatic heterocycles. The van der Waals surface area contributed by atoms with Crippen molar-refractivity contribution in [3.63, 3.8) is 0 Å². The highest BCUT2D eigenvalue weighted by Crippen LogP contribution is 2.20. The van der Waals surface area contributed by atoms with Crippen molar-refractivity contribution in [2.75, 3.05) is 26.7 Å². The first-order valence-corrected chi connectivity index (χ1v) is 16.7. The molecule has 1 saturated heterocycles. The van der Waals surface area contributed by atoms with Gasteiger partial charge in [-0.25, -0.2) is 0 Å². The number of aromatic amines is 1. The number of H-pyrrole nitrogens is 1. The molecule has 14 heteroatoms. The van der Waals surface area contributed by atoms with E-state index in [9.17, 15) is 24.0 Å². The van der Waals surface area contributed by atoms with Crippen LogP contribution >= 0.6 is 0 Å². The average molecular weight is 693 g/mol. The largest absolute Gasteiger partial charge is 0.454 e. The molecule has 1 fully saturated rings. The molecule has 0 radical (unpaired) electrons. The highest BCUT2D eigenvalue weighted by atomic mass is 16.4. The highest BCUT2D eigenvalue weighted by Gasteiger charge is 2.33. The number of hydrogen-bond acceptors (Lipinski definition) is 7. The standard InChI is InChI=1S/C37H40N8O6/c1-24-34(47)42-30(19-25-9-4-3-5-10-25)35(48)38-16-18-44(37(50)32-14-13-27(51-32)22-45-17-8-15-40-45)23-33(46)41-31(36(49)43(24)2)20-26-21-39-29-12-7-6-11-28(26)29/h3-15,17,21,24,30-31,39H,16,18-20,22-23H2,1-2H3,(H,38,48)(H,41,46)(H,42,47)/t24-,30-,31-/m0/s1. The highest BCUT2D eigenvalue weighted by molar-refractivity contribution is 5.97. The molecule has 3 aromatic heterocycles. The summed E-state index contributed by atoms with van der Waals surface area (Å²) in [6, 6.07) is 18.8. The van der Waals surface area contributed by atoms with E-state index in [-0.39, 0.29) is 31.7 Å². The molecule has 14 nitrogen and oxygen atoms in total. The van der Waals surface area contributed by atoms with Crippen LogP contribution in [-0.4, -0.2) is 98.9 Å². The maximum atomic E-state index is 14.1. The third-order valence-electron chi connectivity index (χ3n) is 9.01. The van der Waals surface area contributed by atoms with Gasteiger partial charge in [-0.15, -0.1) is 0 Å². The number of carbonyl (C=O) groups is 5. The molecule has 264 valence electrons. The number of likely N-dealkylation sites (N-methyl/N-ethyl adjacent to an activating group) is 1. The Hall–Kier alpha value is -6.18. The van der Waals surface area contributed by atoms with Crippen LogP contribution in [0.2, 0.25) is 0 Å². The monoisotopic (exact) mass is 692 g/mol. The van der Waals surface area contributed by atoms with Crippen LogP contribution in [0.25, 0.3) is 10.9 Å². The summed E-state index contributed by atoms with van der Waals surface area (Å²) in [5, 5.41) is 13.5. The van der Waals surface area contributed by atoms with Gasteiger partial charge in [0.05, 0.1) is 6.54 Å². The van der Waals surface area contributed by atoms with Gasteiger partial charge in [0.1, 0.15) is 30.4 Å². The fourth-order valence-corrected chi connectivity index (χ4v) is 6.07. The van der Waals surface area contributed by atoms with Crippen molar-refractivity contribution in [3.8, 4) is 0 Å². The maximum absolute atomic E-state index is 14.1. The lowest BCUT2D eigenvalue weighted by Gasteiger charge is -2.30. The van der Waals surface area contributed by atoms with Crippen molar-refractivity contribution >= 4 is 40.4 Å². The SMILES string of the molecule is C[C@H]1C(=O)N[C@@H](Cc2ccccc2)C(=O)NCCN(C(=O)c2ccc(Cn3cccn3)o2)CC(=O)N[C@@H](Cc2c[nH]c3ccccc23)C(=O)N1C. The summed E-state index contributed by atoms with van der Waals surface area (Å²) in [6.07, 6.45) is 5.50. The molecule has 4 heterocycles. The minimum Gasteiger partial charge on any atom is -0.454 e. The van der Waals surface area contributed by atoms with E-state index < -0.39 is 54.2 Å². The fourth-order valence-electron chi connectivity index (χ4n) is 6.07. The van der Waals surface area contributed by atoms with Crippen LogP contribution in [0.5, 0.6) is 0 Å². The van der Waals surface area contributed by atoms with Crippen LogP contribution in [0.1, 0.15) is 34.4 Å². The van der Waals surface area contributed by atoms with Gasteiger partial charge in [0, 0.05) is 62.5 Å². The maximum Gasteiger partial charge on any atom is 0.290 e. The average Bonchev–Trinajstić information content (AvgIpc) is 3.92. The lowest BCUT2D eigenvalue weighted by molar-refractivity contribution is -0.142. The number of furan rings is 1. The van der Waals surface area contributed by atoms with Crippen molar-refractivity contribution in [2.24, 2.45) is 0 Å². The Bertz CT molecular complexity index is 2000. The number of aromatic nitrogens is 3. The predicted molar refractivity (Wildman–Crippen MR) is 187 cm³/mol. The Morgan fingerprint density at radius 2 is 1.69 bits per heavy atom.